The maximum Gasteiger partial charge on any atom is 0.228 e. The van der Waals surface area contributed by atoms with Gasteiger partial charge in [0, 0.05) is 11.6 Å². The van der Waals surface area contributed by atoms with Crippen LogP contribution in [0.5, 0.6) is 0 Å². The molecule has 80 valence electrons. The summed E-state index contributed by atoms with van der Waals surface area (Å²) in [6.07, 6.45) is 0.410. The van der Waals surface area contributed by atoms with Crippen LogP contribution in [-0.2, 0) is 11.2 Å². The number of nitrogens with one attached hydrogen (secondary N) is 1. The SMILES string of the molecule is Nc1cc(-c2cccc3c2NC(=O)C3)on1. The number of carbonyl (C=O) groups excluding carboxylic acids is 1. The van der Waals surface area contributed by atoms with E-state index in [1.165, 1.54) is 0 Å². The van der Waals surface area contributed by atoms with Crippen LogP contribution in [0.1, 0.15) is 5.56 Å². The van der Waals surface area contributed by atoms with Crippen LogP contribution in [0.15, 0.2) is 28.8 Å². The third-order valence-electron chi connectivity index (χ3n) is 2.56. The highest BCUT2D eigenvalue weighted by Crippen LogP contribution is 2.35. The number of aromatic nitrogens is 1. The van der Waals surface area contributed by atoms with Crippen molar-refractivity contribution in [2.45, 2.75) is 6.42 Å². The molecule has 1 aromatic heterocycles. The van der Waals surface area contributed by atoms with Gasteiger partial charge < -0.3 is 15.6 Å². The minimum Gasteiger partial charge on any atom is -0.381 e. The maximum absolute atomic E-state index is 11.3. The molecular weight excluding hydrogens is 206 g/mol. The minimum atomic E-state index is -0.00469. The summed E-state index contributed by atoms with van der Waals surface area (Å²) in [4.78, 5) is 11.3. The molecule has 0 spiro atoms. The molecule has 0 atom stereocenters. The third kappa shape index (κ3) is 1.25. The zero-order valence-corrected chi connectivity index (χ0v) is 8.36. The van der Waals surface area contributed by atoms with E-state index in [-0.39, 0.29) is 5.91 Å². The van der Waals surface area contributed by atoms with E-state index in [1.54, 1.807) is 6.07 Å². The van der Waals surface area contributed by atoms with Crippen molar-refractivity contribution < 1.29 is 9.32 Å². The summed E-state index contributed by atoms with van der Waals surface area (Å²) >= 11 is 0. The molecule has 3 N–H and O–H groups in total. The number of carbonyl (C=O) groups is 1. The lowest BCUT2D eigenvalue weighted by molar-refractivity contribution is -0.115. The van der Waals surface area contributed by atoms with Gasteiger partial charge in [0.15, 0.2) is 11.6 Å². The fourth-order valence-corrected chi connectivity index (χ4v) is 1.87. The van der Waals surface area contributed by atoms with Crippen LogP contribution in [0, 0.1) is 0 Å². The molecule has 5 heteroatoms. The molecule has 2 heterocycles. The fraction of sp³-hybridized carbons (Fsp3) is 0.0909. The summed E-state index contributed by atoms with van der Waals surface area (Å²) in [5, 5.41) is 6.43. The van der Waals surface area contributed by atoms with E-state index in [0.29, 0.717) is 18.0 Å². The quantitative estimate of drug-likeness (QED) is 0.753. The predicted molar refractivity (Wildman–Crippen MR) is 58.7 cm³/mol. The lowest BCUT2D eigenvalue weighted by Crippen LogP contribution is -2.04. The molecule has 1 amide bonds. The van der Waals surface area contributed by atoms with Crippen molar-refractivity contribution in [3.8, 4) is 11.3 Å². The molecule has 0 aliphatic carbocycles. The molecule has 0 unspecified atom stereocenters. The zero-order chi connectivity index (χ0) is 11.1. The van der Waals surface area contributed by atoms with E-state index in [2.05, 4.69) is 10.5 Å². The van der Waals surface area contributed by atoms with Crippen molar-refractivity contribution in [3.05, 3.63) is 29.8 Å². The van der Waals surface area contributed by atoms with Gasteiger partial charge in [-0.05, 0) is 11.6 Å². The second-order valence-electron chi connectivity index (χ2n) is 3.68. The molecule has 3 rings (SSSR count). The highest BCUT2D eigenvalue weighted by atomic mass is 16.5. The summed E-state index contributed by atoms with van der Waals surface area (Å²) in [5.74, 6) is 0.892. The van der Waals surface area contributed by atoms with Gasteiger partial charge in [0.2, 0.25) is 5.91 Å². The third-order valence-corrected chi connectivity index (χ3v) is 2.56. The lowest BCUT2D eigenvalue weighted by atomic mass is 10.1. The number of benzene rings is 1. The van der Waals surface area contributed by atoms with Gasteiger partial charge in [0.1, 0.15) is 0 Å². The first-order valence-electron chi connectivity index (χ1n) is 4.88. The van der Waals surface area contributed by atoms with E-state index in [1.807, 2.05) is 18.2 Å². The van der Waals surface area contributed by atoms with Gasteiger partial charge in [-0.2, -0.15) is 0 Å². The summed E-state index contributed by atoms with van der Waals surface area (Å²) < 4.78 is 5.08. The Bertz CT molecular complexity index is 574. The number of nitrogens with two attached hydrogens (primary N) is 1. The number of rotatable bonds is 1. The van der Waals surface area contributed by atoms with Gasteiger partial charge in [0.25, 0.3) is 0 Å². The van der Waals surface area contributed by atoms with Crippen LogP contribution in [0.25, 0.3) is 11.3 Å². The number of fused-ring (bicyclic) bond motifs is 1. The molecule has 0 radical (unpaired) electrons. The summed E-state index contributed by atoms with van der Waals surface area (Å²) in [5.41, 5.74) is 8.07. The Morgan fingerprint density at radius 1 is 1.44 bits per heavy atom. The number of hydrogen-bond donors (Lipinski definition) is 2. The Morgan fingerprint density at radius 2 is 2.31 bits per heavy atom. The minimum absolute atomic E-state index is 0.00469. The average Bonchev–Trinajstić information content (AvgIpc) is 2.82. The van der Waals surface area contributed by atoms with Crippen LogP contribution < -0.4 is 11.1 Å². The normalized spacial score (nSPS) is 13.6. The van der Waals surface area contributed by atoms with Gasteiger partial charge in [-0.3, -0.25) is 4.79 Å². The summed E-state index contributed by atoms with van der Waals surface area (Å²) in [6.45, 7) is 0. The fourth-order valence-electron chi connectivity index (χ4n) is 1.87. The topological polar surface area (TPSA) is 81.1 Å². The maximum atomic E-state index is 11.3. The van der Waals surface area contributed by atoms with E-state index in [0.717, 1.165) is 16.8 Å². The smallest absolute Gasteiger partial charge is 0.228 e. The molecule has 1 aromatic carbocycles. The Hall–Kier alpha value is -2.30. The number of anilines is 2. The highest BCUT2D eigenvalue weighted by molar-refractivity contribution is 6.03. The number of nitrogen functional groups attached to an aromatic ring is 1. The van der Waals surface area contributed by atoms with E-state index >= 15 is 0 Å². The monoisotopic (exact) mass is 215 g/mol. The number of nitrogens with zero attached hydrogens (tertiary/aromatic N) is 1. The zero-order valence-electron chi connectivity index (χ0n) is 8.36. The number of para-hydroxylation sites is 1. The average molecular weight is 215 g/mol. The summed E-state index contributed by atoms with van der Waals surface area (Å²) in [6, 6.07) is 7.30. The number of amides is 1. The predicted octanol–water partition coefficient (Wildman–Crippen LogP) is 1.42. The first-order chi connectivity index (χ1) is 7.74. The molecule has 1 aliphatic rings. The standard InChI is InChI=1S/C11H9N3O2/c12-9-5-8(16-14-9)7-3-1-2-6-4-10(15)13-11(6)7/h1-3,5H,4H2,(H2,12,14)(H,13,15). The van der Waals surface area contributed by atoms with Crippen LogP contribution in [-0.4, -0.2) is 11.1 Å². The Kier molecular flexibility index (Phi) is 1.73. The first-order valence-corrected chi connectivity index (χ1v) is 4.88. The van der Waals surface area contributed by atoms with Gasteiger partial charge in [-0.25, -0.2) is 0 Å². The van der Waals surface area contributed by atoms with Crippen LogP contribution >= 0.6 is 0 Å². The van der Waals surface area contributed by atoms with Crippen molar-refractivity contribution in [2.75, 3.05) is 11.1 Å². The van der Waals surface area contributed by atoms with Crippen LogP contribution in [0.3, 0.4) is 0 Å². The van der Waals surface area contributed by atoms with Crippen molar-refractivity contribution in [1.82, 2.24) is 5.16 Å². The largest absolute Gasteiger partial charge is 0.381 e. The molecule has 0 fully saturated rings. The molecule has 2 aromatic rings. The van der Waals surface area contributed by atoms with Crippen molar-refractivity contribution in [1.29, 1.82) is 0 Å². The first kappa shape index (κ1) is 8.96. The summed E-state index contributed by atoms with van der Waals surface area (Å²) in [7, 11) is 0. The molecule has 0 saturated heterocycles. The Morgan fingerprint density at radius 3 is 3.06 bits per heavy atom. The second-order valence-corrected chi connectivity index (χ2v) is 3.68. The molecule has 5 nitrogen and oxygen atoms in total. The van der Waals surface area contributed by atoms with Gasteiger partial charge >= 0.3 is 0 Å². The van der Waals surface area contributed by atoms with Gasteiger partial charge in [-0.1, -0.05) is 17.3 Å². The molecule has 0 saturated carbocycles. The molecule has 1 aliphatic heterocycles. The molecule has 0 bridgehead atoms. The van der Waals surface area contributed by atoms with Crippen molar-refractivity contribution in [3.63, 3.8) is 0 Å². The molecular formula is C11H9N3O2. The van der Waals surface area contributed by atoms with Crippen molar-refractivity contribution >= 4 is 17.4 Å². The Labute approximate surface area is 91.2 Å². The van der Waals surface area contributed by atoms with E-state index < -0.39 is 0 Å². The van der Waals surface area contributed by atoms with Gasteiger partial charge in [0.05, 0.1) is 12.1 Å². The highest BCUT2D eigenvalue weighted by Gasteiger charge is 2.22. The van der Waals surface area contributed by atoms with E-state index in [9.17, 15) is 4.79 Å². The lowest BCUT2D eigenvalue weighted by Gasteiger charge is -2.03. The van der Waals surface area contributed by atoms with Gasteiger partial charge in [-0.15, -0.1) is 0 Å². The Balaban J connectivity index is 2.16. The van der Waals surface area contributed by atoms with Crippen LogP contribution in [0.2, 0.25) is 0 Å². The molecule has 16 heavy (non-hydrogen) atoms. The number of hydrogen-bond acceptors (Lipinski definition) is 4. The van der Waals surface area contributed by atoms with Crippen LogP contribution in [0.4, 0.5) is 11.5 Å². The van der Waals surface area contributed by atoms with Crippen molar-refractivity contribution in [2.24, 2.45) is 0 Å². The second kappa shape index (κ2) is 3.10. The van der Waals surface area contributed by atoms with E-state index in [4.69, 9.17) is 10.3 Å².